The van der Waals surface area contributed by atoms with E-state index < -0.39 is 0 Å². The van der Waals surface area contributed by atoms with E-state index in [4.69, 9.17) is 4.74 Å². The van der Waals surface area contributed by atoms with Gasteiger partial charge in [0.25, 0.3) is 0 Å². The SMILES string of the molecule is CC(C)(C)C(C)(C)CCCCCCCCCOc1ccc(Nc2ccncc2F)cc1. The van der Waals surface area contributed by atoms with Crippen LogP contribution in [0.15, 0.2) is 42.7 Å². The molecule has 31 heavy (non-hydrogen) atoms. The maximum absolute atomic E-state index is 13.6. The Morgan fingerprint density at radius 3 is 2.06 bits per heavy atom. The molecular weight excluding hydrogens is 387 g/mol. The standard InChI is InChI=1S/C27H41FN2O/c1-26(2,3)27(4,5)18-11-9-7-6-8-10-12-20-31-23-15-13-22(14-16-23)30-25-17-19-29-21-24(25)28/h13-17,19,21H,6-12,18,20H2,1-5H3,(H,29,30). The van der Waals surface area contributed by atoms with Gasteiger partial charge >= 0.3 is 0 Å². The minimum atomic E-state index is -0.364. The van der Waals surface area contributed by atoms with Crippen LogP contribution < -0.4 is 10.1 Å². The Bertz CT molecular complexity index is 766. The van der Waals surface area contributed by atoms with Crippen LogP contribution in [-0.4, -0.2) is 11.6 Å². The predicted octanol–water partition coefficient (Wildman–Crippen LogP) is 8.54. The van der Waals surface area contributed by atoms with E-state index in [1.54, 1.807) is 12.3 Å². The molecule has 0 saturated heterocycles. The molecule has 1 aromatic heterocycles. The third kappa shape index (κ3) is 8.88. The molecule has 172 valence electrons. The number of hydrogen-bond donors (Lipinski definition) is 1. The first kappa shape index (κ1) is 25.2. The number of nitrogens with one attached hydrogen (secondary N) is 1. The van der Waals surface area contributed by atoms with Crippen LogP contribution in [0.2, 0.25) is 0 Å². The first-order valence-corrected chi connectivity index (χ1v) is 11.8. The van der Waals surface area contributed by atoms with E-state index in [1.165, 1.54) is 51.1 Å². The molecule has 0 aliphatic carbocycles. The number of benzene rings is 1. The Hall–Kier alpha value is -2.10. The maximum atomic E-state index is 13.6. The number of nitrogens with zero attached hydrogens (tertiary/aromatic N) is 1. The molecule has 1 heterocycles. The summed E-state index contributed by atoms with van der Waals surface area (Å²) in [4.78, 5) is 3.76. The van der Waals surface area contributed by atoms with Crippen molar-refractivity contribution in [1.82, 2.24) is 4.98 Å². The van der Waals surface area contributed by atoms with Crippen LogP contribution in [0.1, 0.15) is 86.0 Å². The Labute approximate surface area is 188 Å². The van der Waals surface area contributed by atoms with Gasteiger partial charge in [0.1, 0.15) is 5.75 Å². The summed E-state index contributed by atoms with van der Waals surface area (Å²) in [5, 5.41) is 3.05. The Kier molecular flexibility index (Phi) is 9.80. The molecule has 3 nitrogen and oxygen atoms in total. The van der Waals surface area contributed by atoms with Crippen molar-refractivity contribution >= 4 is 11.4 Å². The molecule has 2 aromatic rings. The van der Waals surface area contributed by atoms with Crippen molar-refractivity contribution in [3.63, 3.8) is 0 Å². The van der Waals surface area contributed by atoms with Crippen LogP contribution in [0.3, 0.4) is 0 Å². The molecule has 1 aromatic carbocycles. The molecule has 0 unspecified atom stereocenters. The minimum absolute atomic E-state index is 0.364. The van der Waals surface area contributed by atoms with E-state index in [9.17, 15) is 4.39 Å². The largest absolute Gasteiger partial charge is 0.494 e. The lowest BCUT2D eigenvalue weighted by molar-refractivity contribution is 0.115. The number of pyridine rings is 1. The van der Waals surface area contributed by atoms with Crippen molar-refractivity contribution in [3.05, 3.63) is 48.5 Å². The Balaban J connectivity index is 1.52. The zero-order valence-electron chi connectivity index (χ0n) is 20.1. The first-order chi connectivity index (χ1) is 14.7. The molecule has 0 fully saturated rings. The third-order valence-electron chi connectivity index (χ3n) is 6.65. The van der Waals surface area contributed by atoms with Gasteiger partial charge in [-0.3, -0.25) is 4.98 Å². The van der Waals surface area contributed by atoms with Crippen molar-refractivity contribution in [2.45, 2.75) is 86.0 Å². The lowest BCUT2D eigenvalue weighted by Crippen LogP contribution is -2.29. The zero-order valence-corrected chi connectivity index (χ0v) is 20.1. The van der Waals surface area contributed by atoms with Crippen LogP contribution in [0.25, 0.3) is 0 Å². The summed E-state index contributed by atoms with van der Waals surface area (Å²) in [6, 6.07) is 9.25. The van der Waals surface area contributed by atoms with Crippen LogP contribution in [-0.2, 0) is 0 Å². The van der Waals surface area contributed by atoms with E-state index in [0.29, 0.717) is 16.5 Å². The van der Waals surface area contributed by atoms with E-state index in [0.717, 1.165) is 24.5 Å². The molecule has 0 spiro atoms. The topological polar surface area (TPSA) is 34.1 Å². The lowest BCUT2D eigenvalue weighted by Gasteiger charge is -2.39. The summed E-state index contributed by atoms with van der Waals surface area (Å²) in [5.41, 5.74) is 2.03. The summed E-state index contributed by atoms with van der Waals surface area (Å²) in [6.45, 7) is 12.6. The van der Waals surface area contributed by atoms with Gasteiger partial charge < -0.3 is 10.1 Å². The Morgan fingerprint density at radius 2 is 1.45 bits per heavy atom. The highest BCUT2D eigenvalue weighted by atomic mass is 19.1. The number of hydrogen-bond acceptors (Lipinski definition) is 3. The number of anilines is 2. The van der Waals surface area contributed by atoms with E-state index in [2.05, 4.69) is 44.9 Å². The molecular formula is C27H41FN2O. The van der Waals surface area contributed by atoms with Gasteiger partial charge in [-0.2, -0.15) is 0 Å². The zero-order chi connectivity index (χ0) is 22.7. The maximum Gasteiger partial charge on any atom is 0.164 e. The normalized spacial score (nSPS) is 12.1. The average Bonchev–Trinajstić information content (AvgIpc) is 2.71. The van der Waals surface area contributed by atoms with Crippen LogP contribution in [0, 0.1) is 16.6 Å². The molecule has 1 N–H and O–H groups in total. The molecule has 0 atom stereocenters. The van der Waals surface area contributed by atoms with E-state index >= 15 is 0 Å². The van der Waals surface area contributed by atoms with Gasteiger partial charge in [-0.1, -0.05) is 73.1 Å². The van der Waals surface area contributed by atoms with Crippen molar-refractivity contribution < 1.29 is 9.13 Å². The number of rotatable bonds is 13. The van der Waals surface area contributed by atoms with Gasteiger partial charge in [0.2, 0.25) is 0 Å². The van der Waals surface area contributed by atoms with Crippen molar-refractivity contribution in [2.75, 3.05) is 11.9 Å². The van der Waals surface area contributed by atoms with Crippen LogP contribution in [0.4, 0.5) is 15.8 Å². The summed E-state index contributed by atoms with van der Waals surface area (Å²) in [7, 11) is 0. The highest BCUT2D eigenvalue weighted by molar-refractivity contribution is 5.60. The molecule has 0 amide bonds. The number of ether oxygens (including phenoxy) is 1. The minimum Gasteiger partial charge on any atom is -0.494 e. The highest BCUT2D eigenvalue weighted by Gasteiger charge is 2.31. The van der Waals surface area contributed by atoms with Crippen LogP contribution in [0.5, 0.6) is 5.75 Å². The second-order valence-electron chi connectivity index (χ2n) is 10.2. The fourth-order valence-corrected chi connectivity index (χ4v) is 3.38. The lowest BCUT2D eigenvalue weighted by atomic mass is 9.67. The quantitative estimate of drug-likeness (QED) is 0.325. The Morgan fingerprint density at radius 1 is 0.839 bits per heavy atom. The molecule has 0 radical (unpaired) electrons. The highest BCUT2D eigenvalue weighted by Crippen LogP contribution is 2.41. The van der Waals surface area contributed by atoms with Gasteiger partial charge in [0.15, 0.2) is 5.82 Å². The molecule has 0 aliphatic heterocycles. The first-order valence-electron chi connectivity index (χ1n) is 11.8. The summed E-state index contributed by atoms with van der Waals surface area (Å²) in [5.74, 6) is 0.485. The van der Waals surface area contributed by atoms with Gasteiger partial charge in [-0.15, -0.1) is 0 Å². The van der Waals surface area contributed by atoms with Crippen molar-refractivity contribution in [2.24, 2.45) is 10.8 Å². The predicted molar refractivity (Wildman–Crippen MR) is 130 cm³/mol. The molecule has 4 heteroatoms. The fraction of sp³-hybridized carbons (Fsp3) is 0.593. The fourth-order valence-electron chi connectivity index (χ4n) is 3.38. The van der Waals surface area contributed by atoms with E-state index in [1.807, 2.05) is 24.3 Å². The van der Waals surface area contributed by atoms with Crippen LogP contribution >= 0.6 is 0 Å². The number of halogens is 1. The molecule has 0 saturated carbocycles. The molecule has 0 aliphatic rings. The van der Waals surface area contributed by atoms with Gasteiger partial charge in [0.05, 0.1) is 18.5 Å². The number of aromatic nitrogens is 1. The monoisotopic (exact) mass is 428 g/mol. The summed E-state index contributed by atoms with van der Waals surface area (Å²) in [6.07, 6.45) is 13.0. The molecule has 0 bridgehead atoms. The third-order valence-corrected chi connectivity index (χ3v) is 6.65. The summed E-state index contributed by atoms with van der Waals surface area (Å²) < 4.78 is 19.5. The van der Waals surface area contributed by atoms with Crippen molar-refractivity contribution in [1.29, 1.82) is 0 Å². The molecule has 2 rings (SSSR count). The van der Waals surface area contributed by atoms with Gasteiger partial charge in [-0.25, -0.2) is 4.39 Å². The summed E-state index contributed by atoms with van der Waals surface area (Å²) >= 11 is 0. The smallest absolute Gasteiger partial charge is 0.164 e. The average molecular weight is 429 g/mol. The second kappa shape index (κ2) is 12.1. The van der Waals surface area contributed by atoms with E-state index in [-0.39, 0.29) is 5.82 Å². The van der Waals surface area contributed by atoms with Crippen molar-refractivity contribution in [3.8, 4) is 5.75 Å². The van der Waals surface area contributed by atoms with Gasteiger partial charge in [0, 0.05) is 11.9 Å². The number of unbranched alkanes of at least 4 members (excludes halogenated alkanes) is 6. The van der Waals surface area contributed by atoms with Gasteiger partial charge in [-0.05, 0) is 54.0 Å². The second-order valence-corrected chi connectivity index (χ2v) is 10.2.